The Hall–Kier alpha value is -2.33. The summed E-state index contributed by atoms with van der Waals surface area (Å²) < 4.78 is 0. The number of hydrogen-bond donors (Lipinski definition) is 2. The minimum atomic E-state index is 0.534. The summed E-state index contributed by atoms with van der Waals surface area (Å²) in [7, 11) is 0. The van der Waals surface area contributed by atoms with Gasteiger partial charge in [0, 0.05) is 33.7 Å². The third kappa shape index (κ3) is 1.77. The number of benzene rings is 1. The van der Waals surface area contributed by atoms with Gasteiger partial charge in [0.05, 0.1) is 11.2 Å². The van der Waals surface area contributed by atoms with E-state index in [9.17, 15) is 0 Å². The molecule has 4 rings (SSSR count). The van der Waals surface area contributed by atoms with Crippen LogP contribution in [0.5, 0.6) is 0 Å². The zero-order valence-corrected chi connectivity index (χ0v) is 13.3. The maximum atomic E-state index is 6.27. The SMILES string of the molecule is Cc1cc2c(cc1-c1c(C)n[nH]c1C)[nH]c1ccnc(Cl)c12. The van der Waals surface area contributed by atoms with Crippen molar-refractivity contribution < 1.29 is 0 Å². The maximum absolute atomic E-state index is 6.27. The van der Waals surface area contributed by atoms with Gasteiger partial charge < -0.3 is 4.98 Å². The average molecular weight is 311 g/mol. The molecule has 0 aliphatic rings. The zero-order valence-electron chi connectivity index (χ0n) is 12.6. The van der Waals surface area contributed by atoms with Crippen LogP contribution >= 0.6 is 11.6 Å². The highest BCUT2D eigenvalue weighted by Gasteiger charge is 2.15. The van der Waals surface area contributed by atoms with E-state index in [1.807, 2.05) is 19.9 Å². The number of aryl methyl sites for hydroxylation is 3. The van der Waals surface area contributed by atoms with E-state index in [2.05, 4.69) is 39.2 Å². The first-order valence-corrected chi connectivity index (χ1v) is 7.52. The van der Waals surface area contributed by atoms with Crippen LogP contribution in [0.15, 0.2) is 24.4 Å². The van der Waals surface area contributed by atoms with Gasteiger partial charge in [0.25, 0.3) is 0 Å². The Morgan fingerprint density at radius 3 is 2.64 bits per heavy atom. The van der Waals surface area contributed by atoms with Gasteiger partial charge in [0.15, 0.2) is 0 Å². The van der Waals surface area contributed by atoms with Crippen molar-refractivity contribution in [3.05, 3.63) is 46.5 Å². The maximum Gasteiger partial charge on any atom is 0.138 e. The molecule has 0 atom stereocenters. The molecule has 0 amide bonds. The summed E-state index contributed by atoms with van der Waals surface area (Å²) in [4.78, 5) is 7.62. The molecule has 0 unspecified atom stereocenters. The van der Waals surface area contributed by atoms with E-state index in [1.54, 1.807) is 6.20 Å². The van der Waals surface area contributed by atoms with E-state index in [0.29, 0.717) is 5.15 Å². The third-order valence-electron chi connectivity index (χ3n) is 4.21. The normalized spacial score (nSPS) is 11.6. The van der Waals surface area contributed by atoms with E-state index in [0.717, 1.165) is 33.2 Å². The smallest absolute Gasteiger partial charge is 0.138 e. The number of rotatable bonds is 1. The first-order valence-electron chi connectivity index (χ1n) is 7.14. The molecule has 0 spiro atoms. The van der Waals surface area contributed by atoms with Crippen molar-refractivity contribution in [3.63, 3.8) is 0 Å². The first-order chi connectivity index (χ1) is 10.6. The molecule has 0 aliphatic carbocycles. The van der Waals surface area contributed by atoms with Crippen molar-refractivity contribution in [2.75, 3.05) is 0 Å². The molecule has 4 nitrogen and oxygen atoms in total. The number of halogens is 1. The largest absolute Gasteiger partial charge is 0.354 e. The van der Waals surface area contributed by atoms with Gasteiger partial charge in [-0.05, 0) is 50.1 Å². The highest BCUT2D eigenvalue weighted by molar-refractivity contribution is 6.36. The molecule has 110 valence electrons. The summed E-state index contributed by atoms with van der Waals surface area (Å²) in [6.45, 7) is 6.18. The van der Waals surface area contributed by atoms with Crippen molar-refractivity contribution in [1.82, 2.24) is 20.2 Å². The molecule has 22 heavy (non-hydrogen) atoms. The minimum Gasteiger partial charge on any atom is -0.354 e. The van der Waals surface area contributed by atoms with Crippen LogP contribution in [0.2, 0.25) is 5.15 Å². The van der Waals surface area contributed by atoms with Crippen molar-refractivity contribution >= 4 is 33.4 Å². The minimum absolute atomic E-state index is 0.534. The van der Waals surface area contributed by atoms with Crippen LogP contribution < -0.4 is 0 Å². The quantitative estimate of drug-likeness (QED) is 0.501. The van der Waals surface area contributed by atoms with E-state index in [-0.39, 0.29) is 0 Å². The van der Waals surface area contributed by atoms with Gasteiger partial charge in [0.1, 0.15) is 5.15 Å². The molecule has 0 aliphatic heterocycles. The molecule has 0 bridgehead atoms. The number of nitrogens with one attached hydrogen (secondary N) is 2. The molecule has 0 radical (unpaired) electrons. The van der Waals surface area contributed by atoms with Gasteiger partial charge >= 0.3 is 0 Å². The standard InChI is InChI=1S/C17H15ClN4/c1-8-6-12-14(20-13-4-5-19-17(18)16(12)13)7-11(8)15-9(2)21-22-10(15)3/h4-7,20H,1-3H3,(H,21,22). The van der Waals surface area contributed by atoms with Crippen LogP contribution in [0.25, 0.3) is 32.9 Å². The second kappa shape index (κ2) is 4.58. The number of nitrogens with zero attached hydrogens (tertiary/aromatic N) is 2. The lowest BCUT2D eigenvalue weighted by molar-refractivity contribution is 1.02. The summed E-state index contributed by atoms with van der Waals surface area (Å²) in [5.41, 5.74) is 7.71. The zero-order chi connectivity index (χ0) is 15.4. The van der Waals surface area contributed by atoms with E-state index < -0.39 is 0 Å². The Morgan fingerprint density at radius 1 is 1.09 bits per heavy atom. The van der Waals surface area contributed by atoms with Gasteiger partial charge in [-0.1, -0.05) is 11.6 Å². The van der Waals surface area contributed by atoms with Gasteiger partial charge in [-0.2, -0.15) is 5.10 Å². The molecular formula is C17H15ClN4. The highest BCUT2D eigenvalue weighted by Crippen LogP contribution is 2.36. The number of hydrogen-bond acceptors (Lipinski definition) is 2. The molecular weight excluding hydrogens is 296 g/mol. The third-order valence-corrected chi connectivity index (χ3v) is 4.49. The summed E-state index contributed by atoms with van der Waals surface area (Å²) in [5.74, 6) is 0. The Bertz CT molecular complexity index is 1010. The van der Waals surface area contributed by atoms with Gasteiger partial charge in [-0.25, -0.2) is 4.98 Å². The fourth-order valence-electron chi connectivity index (χ4n) is 3.18. The van der Waals surface area contributed by atoms with Gasteiger partial charge in [-0.15, -0.1) is 0 Å². The van der Waals surface area contributed by atoms with Crippen LogP contribution in [-0.4, -0.2) is 20.2 Å². The monoisotopic (exact) mass is 310 g/mol. The molecule has 3 aromatic heterocycles. The topological polar surface area (TPSA) is 57.4 Å². The summed E-state index contributed by atoms with van der Waals surface area (Å²) >= 11 is 6.27. The number of H-pyrrole nitrogens is 2. The lowest BCUT2D eigenvalue weighted by Crippen LogP contribution is -1.87. The Labute approximate surface area is 132 Å². The molecule has 5 heteroatoms. The second-order valence-corrected chi connectivity index (χ2v) is 6.03. The van der Waals surface area contributed by atoms with Crippen LogP contribution in [-0.2, 0) is 0 Å². The fraction of sp³-hybridized carbons (Fsp3) is 0.176. The van der Waals surface area contributed by atoms with E-state index >= 15 is 0 Å². The molecule has 1 aromatic carbocycles. The Morgan fingerprint density at radius 2 is 1.91 bits per heavy atom. The summed E-state index contributed by atoms with van der Waals surface area (Å²) in [6.07, 6.45) is 1.72. The molecule has 3 heterocycles. The van der Waals surface area contributed by atoms with Crippen molar-refractivity contribution in [3.8, 4) is 11.1 Å². The molecule has 0 fully saturated rings. The predicted octanol–water partition coefficient (Wildman–Crippen LogP) is 4.68. The number of fused-ring (bicyclic) bond motifs is 3. The Balaban J connectivity index is 2.10. The van der Waals surface area contributed by atoms with Crippen molar-refractivity contribution in [2.45, 2.75) is 20.8 Å². The van der Waals surface area contributed by atoms with Crippen LogP contribution in [0.4, 0.5) is 0 Å². The second-order valence-electron chi connectivity index (χ2n) is 5.67. The van der Waals surface area contributed by atoms with E-state index in [1.165, 1.54) is 16.7 Å². The number of aromatic nitrogens is 4. The van der Waals surface area contributed by atoms with Gasteiger partial charge in [-0.3, -0.25) is 5.10 Å². The molecule has 0 saturated carbocycles. The number of pyridine rings is 1. The lowest BCUT2D eigenvalue weighted by atomic mass is 9.97. The summed E-state index contributed by atoms with van der Waals surface area (Å²) in [6, 6.07) is 6.29. The highest BCUT2D eigenvalue weighted by atomic mass is 35.5. The van der Waals surface area contributed by atoms with Gasteiger partial charge in [0.2, 0.25) is 0 Å². The molecule has 2 N–H and O–H groups in total. The first kappa shape index (κ1) is 13.3. The van der Waals surface area contributed by atoms with Crippen LogP contribution in [0.1, 0.15) is 17.0 Å². The van der Waals surface area contributed by atoms with Crippen LogP contribution in [0.3, 0.4) is 0 Å². The summed E-state index contributed by atoms with van der Waals surface area (Å²) in [5, 5.41) is 9.98. The predicted molar refractivity (Wildman–Crippen MR) is 90.4 cm³/mol. The van der Waals surface area contributed by atoms with Crippen LogP contribution in [0, 0.1) is 20.8 Å². The Kier molecular flexibility index (Phi) is 2.78. The fourth-order valence-corrected chi connectivity index (χ4v) is 3.44. The lowest BCUT2D eigenvalue weighted by Gasteiger charge is -2.07. The van der Waals surface area contributed by atoms with Crippen molar-refractivity contribution in [2.24, 2.45) is 0 Å². The van der Waals surface area contributed by atoms with Crippen molar-refractivity contribution in [1.29, 1.82) is 0 Å². The molecule has 0 saturated heterocycles. The number of aromatic amines is 2. The average Bonchev–Trinajstić information content (AvgIpc) is 2.99. The molecule has 4 aromatic rings. The van der Waals surface area contributed by atoms with E-state index in [4.69, 9.17) is 11.6 Å².